The number of hydrogen-bond donors (Lipinski definition) is 0. The summed E-state index contributed by atoms with van der Waals surface area (Å²) in [6.45, 7) is 1.20. The van der Waals surface area contributed by atoms with Crippen molar-refractivity contribution in [2.24, 2.45) is 5.92 Å². The molecule has 1 aliphatic carbocycles. The van der Waals surface area contributed by atoms with Gasteiger partial charge in [0.25, 0.3) is 0 Å². The third-order valence-corrected chi connectivity index (χ3v) is 4.70. The molecule has 0 unspecified atom stereocenters. The van der Waals surface area contributed by atoms with Crippen LogP contribution in [0.15, 0.2) is 22.7 Å². The number of nitrogens with zero attached hydrogens (tertiary/aromatic N) is 1. The molecule has 17 heavy (non-hydrogen) atoms. The minimum Gasteiger partial charge on any atom is -0.374 e. The van der Waals surface area contributed by atoms with Gasteiger partial charge in [-0.3, -0.25) is 0 Å². The van der Waals surface area contributed by atoms with Crippen molar-refractivity contribution in [1.29, 1.82) is 0 Å². The van der Waals surface area contributed by atoms with Crippen LogP contribution in [0.5, 0.6) is 0 Å². The molecule has 1 nitrogen and oxygen atoms in total. The molecule has 1 aromatic rings. The average Bonchev–Trinajstić information content (AvgIpc) is 2.81. The summed E-state index contributed by atoms with van der Waals surface area (Å²) in [5, 5.41) is 0.913. The molecule has 1 saturated carbocycles. The van der Waals surface area contributed by atoms with E-state index in [1.807, 2.05) is 0 Å². The zero-order valence-corrected chi connectivity index (χ0v) is 13.4. The molecular weight excluding hydrogens is 342 g/mol. The highest BCUT2D eigenvalue weighted by Crippen LogP contribution is 2.30. The van der Waals surface area contributed by atoms with Crippen LogP contribution in [0.2, 0.25) is 0 Å². The monoisotopic (exact) mass is 359 g/mol. The summed E-state index contributed by atoms with van der Waals surface area (Å²) in [7, 11) is 2.22. The maximum atomic E-state index is 3.58. The van der Waals surface area contributed by atoms with Crippen LogP contribution in [0.4, 0.5) is 5.69 Å². The minimum absolute atomic E-state index is 0.895. The Kier molecular flexibility index (Phi) is 4.92. The van der Waals surface area contributed by atoms with E-state index in [-0.39, 0.29) is 0 Å². The normalized spacial score (nSPS) is 16.4. The molecule has 94 valence electrons. The molecule has 1 fully saturated rings. The van der Waals surface area contributed by atoms with Crippen molar-refractivity contribution in [3.05, 3.63) is 28.2 Å². The van der Waals surface area contributed by atoms with Crippen LogP contribution in [0.3, 0.4) is 0 Å². The van der Waals surface area contributed by atoms with Crippen LogP contribution >= 0.6 is 31.9 Å². The van der Waals surface area contributed by atoms with E-state index in [1.165, 1.54) is 43.5 Å². The maximum Gasteiger partial charge on any atom is 0.0405 e. The Morgan fingerprint density at radius 2 is 2.00 bits per heavy atom. The Morgan fingerprint density at radius 1 is 1.29 bits per heavy atom. The summed E-state index contributed by atoms with van der Waals surface area (Å²) in [6, 6.07) is 6.55. The molecule has 0 amide bonds. The van der Waals surface area contributed by atoms with Crippen molar-refractivity contribution >= 4 is 37.5 Å². The van der Waals surface area contributed by atoms with E-state index in [0.717, 1.165) is 15.7 Å². The zero-order valence-electron chi connectivity index (χ0n) is 10.3. The highest BCUT2D eigenvalue weighted by molar-refractivity contribution is 9.10. The predicted octanol–water partition coefficient (Wildman–Crippen LogP) is 4.97. The van der Waals surface area contributed by atoms with Gasteiger partial charge in [0.1, 0.15) is 0 Å². The fourth-order valence-corrected chi connectivity index (χ4v) is 3.57. The minimum atomic E-state index is 0.895. The Hall–Kier alpha value is -0.0200. The van der Waals surface area contributed by atoms with E-state index < -0.39 is 0 Å². The van der Waals surface area contributed by atoms with Gasteiger partial charge in [-0.2, -0.15) is 0 Å². The predicted molar refractivity (Wildman–Crippen MR) is 82.0 cm³/mol. The van der Waals surface area contributed by atoms with E-state index >= 15 is 0 Å². The quantitative estimate of drug-likeness (QED) is 0.685. The van der Waals surface area contributed by atoms with Crippen molar-refractivity contribution in [3.63, 3.8) is 0 Å². The first-order chi connectivity index (χ1) is 8.20. The van der Waals surface area contributed by atoms with Gasteiger partial charge in [0.2, 0.25) is 0 Å². The van der Waals surface area contributed by atoms with E-state index in [4.69, 9.17) is 0 Å². The van der Waals surface area contributed by atoms with E-state index in [1.54, 1.807) is 0 Å². The molecule has 1 aliphatic rings. The van der Waals surface area contributed by atoms with Gasteiger partial charge in [-0.25, -0.2) is 0 Å². The lowest BCUT2D eigenvalue weighted by atomic mass is 10.1. The Labute approximate surface area is 121 Å². The number of anilines is 1. The van der Waals surface area contributed by atoms with Gasteiger partial charge in [-0.15, -0.1) is 0 Å². The third kappa shape index (κ3) is 3.47. The first-order valence-electron chi connectivity index (χ1n) is 6.26. The highest BCUT2D eigenvalue weighted by Gasteiger charge is 2.18. The first-order valence-corrected chi connectivity index (χ1v) is 8.17. The standard InChI is InChI=1S/C14H19Br2N/c1-17(10-11-4-2-3-5-11)14-7-6-13(16)8-12(14)9-15/h6-8,11H,2-5,9-10H2,1H3. The average molecular weight is 361 g/mol. The maximum absolute atomic E-state index is 3.58. The van der Waals surface area contributed by atoms with Crippen molar-refractivity contribution in [2.45, 2.75) is 31.0 Å². The van der Waals surface area contributed by atoms with Crippen LogP contribution < -0.4 is 4.90 Å². The summed E-state index contributed by atoms with van der Waals surface area (Å²) in [4.78, 5) is 2.42. The molecule has 0 atom stereocenters. The summed E-state index contributed by atoms with van der Waals surface area (Å²) < 4.78 is 1.16. The van der Waals surface area contributed by atoms with Crippen LogP contribution in [-0.2, 0) is 5.33 Å². The molecule has 0 aliphatic heterocycles. The highest BCUT2D eigenvalue weighted by atomic mass is 79.9. The van der Waals surface area contributed by atoms with Crippen LogP contribution in [0.1, 0.15) is 31.2 Å². The van der Waals surface area contributed by atoms with Crippen LogP contribution in [0, 0.1) is 5.92 Å². The fourth-order valence-electron chi connectivity index (χ4n) is 2.71. The smallest absolute Gasteiger partial charge is 0.0405 e. The lowest BCUT2D eigenvalue weighted by Gasteiger charge is -2.25. The number of hydrogen-bond acceptors (Lipinski definition) is 1. The van der Waals surface area contributed by atoms with Gasteiger partial charge in [-0.1, -0.05) is 44.7 Å². The second kappa shape index (κ2) is 6.24. The van der Waals surface area contributed by atoms with Gasteiger partial charge in [-0.05, 0) is 42.5 Å². The Bertz CT molecular complexity index is 372. The summed E-state index contributed by atoms with van der Waals surface area (Å²) in [6.07, 6.45) is 5.66. The van der Waals surface area contributed by atoms with Crippen molar-refractivity contribution in [2.75, 3.05) is 18.5 Å². The topological polar surface area (TPSA) is 3.24 Å². The number of rotatable bonds is 4. The molecule has 0 aromatic heterocycles. The van der Waals surface area contributed by atoms with Gasteiger partial charge in [0, 0.05) is 29.1 Å². The summed E-state index contributed by atoms with van der Waals surface area (Å²) >= 11 is 7.11. The molecule has 2 rings (SSSR count). The first kappa shape index (κ1) is 13.4. The van der Waals surface area contributed by atoms with Crippen molar-refractivity contribution in [3.8, 4) is 0 Å². The second-order valence-electron chi connectivity index (χ2n) is 4.94. The van der Waals surface area contributed by atoms with Gasteiger partial charge in [0.15, 0.2) is 0 Å². The molecule has 1 aromatic carbocycles. The van der Waals surface area contributed by atoms with Crippen molar-refractivity contribution in [1.82, 2.24) is 0 Å². The second-order valence-corrected chi connectivity index (χ2v) is 6.41. The summed E-state index contributed by atoms with van der Waals surface area (Å²) in [5.41, 5.74) is 2.72. The third-order valence-electron chi connectivity index (χ3n) is 3.60. The molecule has 0 spiro atoms. The van der Waals surface area contributed by atoms with Crippen LogP contribution in [-0.4, -0.2) is 13.6 Å². The van der Waals surface area contributed by atoms with E-state index in [9.17, 15) is 0 Å². The number of halogens is 2. The SMILES string of the molecule is CN(CC1CCCC1)c1ccc(Br)cc1CBr. The Morgan fingerprint density at radius 3 is 2.65 bits per heavy atom. The lowest BCUT2D eigenvalue weighted by Crippen LogP contribution is -2.24. The van der Waals surface area contributed by atoms with Gasteiger partial charge < -0.3 is 4.90 Å². The van der Waals surface area contributed by atoms with Crippen molar-refractivity contribution < 1.29 is 0 Å². The molecule has 3 heteroatoms. The molecule has 0 bridgehead atoms. The van der Waals surface area contributed by atoms with E-state index in [0.29, 0.717) is 0 Å². The number of alkyl halides is 1. The summed E-state index contributed by atoms with van der Waals surface area (Å²) in [5.74, 6) is 0.895. The largest absolute Gasteiger partial charge is 0.374 e. The fraction of sp³-hybridized carbons (Fsp3) is 0.571. The zero-order chi connectivity index (χ0) is 12.3. The molecule has 0 radical (unpaired) electrons. The number of benzene rings is 1. The Balaban J connectivity index is 2.09. The molecular formula is C14H19Br2N. The van der Waals surface area contributed by atoms with E-state index in [2.05, 4.69) is 62.0 Å². The molecule has 0 N–H and O–H groups in total. The molecule has 0 saturated heterocycles. The van der Waals surface area contributed by atoms with Gasteiger partial charge >= 0.3 is 0 Å². The lowest BCUT2D eigenvalue weighted by molar-refractivity contribution is 0.546. The van der Waals surface area contributed by atoms with Gasteiger partial charge in [0.05, 0.1) is 0 Å². The van der Waals surface area contributed by atoms with Crippen LogP contribution in [0.25, 0.3) is 0 Å². The molecule has 0 heterocycles.